The van der Waals surface area contributed by atoms with Gasteiger partial charge in [-0.05, 0) is 54.3 Å². The number of nitrogens with one attached hydrogen (secondary N) is 1. The van der Waals surface area contributed by atoms with Gasteiger partial charge in [0.1, 0.15) is 5.00 Å². The zero-order chi connectivity index (χ0) is 19.5. The highest BCUT2D eigenvalue weighted by molar-refractivity contribution is 7.15. The number of aromatic nitrogens is 2. The quantitative estimate of drug-likeness (QED) is 0.610. The van der Waals surface area contributed by atoms with Crippen LogP contribution in [0.15, 0.2) is 48.1 Å². The molecule has 1 aliphatic carbocycles. The van der Waals surface area contributed by atoms with Crippen LogP contribution in [0.2, 0.25) is 0 Å². The molecule has 1 aliphatic rings. The molecule has 0 saturated heterocycles. The van der Waals surface area contributed by atoms with Crippen LogP contribution in [-0.4, -0.2) is 28.3 Å². The maximum atomic E-state index is 12.6. The maximum Gasteiger partial charge on any atom is 0.341 e. The zero-order valence-corrected chi connectivity index (χ0v) is 16.4. The van der Waals surface area contributed by atoms with E-state index in [1.54, 1.807) is 17.8 Å². The summed E-state index contributed by atoms with van der Waals surface area (Å²) in [4.78, 5) is 25.0. The predicted molar refractivity (Wildman–Crippen MR) is 108 cm³/mol. The normalized spacial score (nSPS) is 13.3. The molecule has 144 valence electrons. The molecular weight excluding hydrogens is 374 g/mol. The van der Waals surface area contributed by atoms with Gasteiger partial charge >= 0.3 is 5.97 Å². The van der Waals surface area contributed by atoms with Crippen molar-refractivity contribution in [3.8, 4) is 5.69 Å². The Bertz CT molecular complexity index is 990. The topological polar surface area (TPSA) is 73.2 Å². The van der Waals surface area contributed by atoms with Crippen LogP contribution in [-0.2, 0) is 16.0 Å². The van der Waals surface area contributed by atoms with E-state index in [2.05, 4.69) is 10.4 Å². The number of rotatable bonds is 7. The molecule has 6 nitrogen and oxygen atoms in total. The fourth-order valence-electron chi connectivity index (χ4n) is 3.10. The lowest BCUT2D eigenvalue weighted by Crippen LogP contribution is -2.16. The van der Waals surface area contributed by atoms with E-state index in [1.807, 2.05) is 41.9 Å². The standard InChI is InChI=1S/C21H21N3O3S/c1-2-27-21(26)19-17(15-8-9-15)13-28-20(19)23-18(25)10-14-11-22-24(12-14)16-6-4-3-5-7-16/h3-7,11-13,15H,2,8-10H2,1H3,(H,23,25). The molecule has 1 aromatic carbocycles. The van der Waals surface area contributed by atoms with Gasteiger partial charge in [0.2, 0.25) is 5.91 Å². The van der Waals surface area contributed by atoms with Crippen molar-refractivity contribution in [2.45, 2.75) is 32.1 Å². The second-order valence-electron chi connectivity index (χ2n) is 6.74. The third-order valence-electron chi connectivity index (χ3n) is 4.59. The van der Waals surface area contributed by atoms with Gasteiger partial charge in [0.05, 0.1) is 30.5 Å². The van der Waals surface area contributed by atoms with Gasteiger partial charge in [-0.1, -0.05) is 18.2 Å². The number of carbonyl (C=O) groups excluding carboxylic acids is 2. The first kappa shape index (κ1) is 18.4. The molecular formula is C21H21N3O3S. The molecule has 1 amide bonds. The molecule has 0 spiro atoms. The van der Waals surface area contributed by atoms with Gasteiger partial charge in [0.15, 0.2) is 0 Å². The number of benzene rings is 1. The van der Waals surface area contributed by atoms with E-state index in [-0.39, 0.29) is 18.3 Å². The molecule has 2 aromatic heterocycles. The fourth-order valence-corrected chi connectivity index (χ4v) is 4.15. The largest absolute Gasteiger partial charge is 0.462 e. The SMILES string of the molecule is CCOC(=O)c1c(C2CC2)csc1NC(=O)Cc1cnn(-c2ccccc2)c1. The van der Waals surface area contributed by atoms with E-state index in [9.17, 15) is 9.59 Å². The third-order valence-corrected chi connectivity index (χ3v) is 5.50. The highest BCUT2D eigenvalue weighted by Gasteiger charge is 2.32. The molecule has 0 unspecified atom stereocenters. The number of nitrogens with zero attached hydrogens (tertiary/aromatic N) is 2. The van der Waals surface area contributed by atoms with Crippen LogP contribution in [0.4, 0.5) is 5.00 Å². The van der Waals surface area contributed by atoms with Gasteiger partial charge in [0.25, 0.3) is 0 Å². The van der Waals surface area contributed by atoms with E-state index < -0.39 is 0 Å². The van der Waals surface area contributed by atoms with Crippen molar-refractivity contribution >= 4 is 28.2 Å². The molecule has 1 fully saturated rings. The Morgan fingerprint density at radius 3 is 2.79 bits per heavy atom. The molecule has 28 heavy (non-hydrogen) atoms. The second-order valence-corrected chi connectivity index (χ2v) is 7.62. The van der Waals surface area contributed by atoms with Crippen molar-refractivity contribution in [1.82, 2.24) is 9.78 Å². The van der Waals surface area contributed by atoms with Crippen LogP contribution in [0, 0.1) is 0 Å². The van der Waals surface area contributed by atoms with Crippen LogP contribution in [0.1, 0.15) is 47.2 Å². The lowest BCUT2D eigenvalue weighted by atomic mass is 10.1. The Balaban J connectivity index is 1.47. The van der Waals surface area contributed by atoms with Crippen LogP contribution >= 0.6 is 11.3 Å². The molecule has 1 N–H and O–H groups in total. The monoisotopic (exact) mass is 395 g/mol. The van der Waals surface area contributed by atoms with Gasteiger partial charge in [-0.3, -0.25) is 4.79 Å². The van der Waals surface area contributed by atoms with Crippen LogP contribution < -0.4 is 5.32 Å². The zero-order valence-electron chi connectivity index (χ0n) is 15.6. The highest BCUT2D eigenvalue weighted by Crippen LogP contribution is 2.46. The lowest BCUT2D eigenvalue weighted by molar-refractivity contribution is -0.115. The van der Waals surface area contributed by atoms with Crippen molar-refractivity contribution < 1.29 is 14.3 Å². The van der Waals surface area contributed by atoms with Crippen molar-refractivity contribution in [1.29, 1.82) is 0 Å². The smallest absolute Gasteiger partial charge is 0.341 e. The summed E-state index contributed by atoms with van der Waals surface area (Å²) in [6.45, 7) is 2.09. The first-order valence-electron chi connectivity index (χ1n) is 9.33. The minimum absolute atomic E-state index is 0.178. The first-order chi connectivity index (χ1) is 13.7. The number of carbonyl (C=O) groups is 2. The average Bonchev–Trinajstić information content (AvgIpc) is 3.29. The predicted octanol–water partition coefficient (Wildman–Crippen LogP) is 4.17. The molecule has 7 heteroatoms. The lowest BCUT2D eigenvalue weighted by Gasteiger charge is -2.08. The van der Waals surface area contributed by atoms with E-state index in [0.717, 1.165) is 29.7 Å². The third kappa shape index (κ3) is 3.99. The van der Waals surface area contributed by atoms with Crippen molar-refractivity contribution in [2.24, 2.45) is 0 Å². The molecule has 0 bridgehead atoms. The number of amides is 1. The van der Waals surface area contributed by atoms with E-state index in [1.165, 1.54) is 11.3 Å². The number of anilines is 1. The van der Waals surface area contributed by atoms with Gasteiger partial charge in [-0.2, -0.15) is 5.10 Å². The van der Waals surface area contributed by atoms with Gasteiger partial charge in [0, 0.05) is 6.20 Å². The van der Waals surface area contributed by atoms with E-state index in [4.69, 9.17) is 4.74 Å². The van der Waals surface area contributed by atoms with Crippen LogP contribution in [0.5, 0.6) is 0 Å². The summed E-state index contributed by atoms with van der Waals surface area (Å²) in [6, 6.07) is 9.73. The number of para-hydroxylation sites is 1. The van der Waals surface area contributed by atoms with Crippen molar-refractivity contribution in [3.05, 3.63) is 64.8 Å². The first-order valence-corrected chi connectivity index (χ1v) is 10.2. The van der Waals surface area contributed by atoms with Crippen molar-refractivity contribution in [3.63, 3.8) is 0 Å². The Labute approximate surface area is 167 Å². The van der Waals surface area contributed by atoms with E-state index >= 15 is 0 Å². The van der Waals surface area contributed by atoms with Gasteiger partial charge in [-0.15, -0.1) is 11.3 Å². The Kier molecular flexibility index (Phi) is 5.25. The number of hydrogen-bond donors (Lipinski definition) is 1. The Hall–Kier alpha value is -2.93. The minimum Gasteiger partial charge on any atom is -0.462 e. The number of thiophene rings is 1. The Morgan fingerprint density at radius 1 is 1.29 bits per heavy atom. The highest BCUT2D eigenvalue weighted by atomic mass is 32.1. The minimum atomic E-state index is -0.363. The second kappa shape index (κ2) is 7.98. The van der Waals surface area contributed by atoms with Gasteiger partial charge < -0.3 is 10.1 Å². The van der Waals surface area contributed by atoms with Crippen LogP contribution in [0.25, 0.3) is 5.69 Å². The maximum absolute atomic E-state index is 12.6. The molecule has 3 aromatic rings. The molecule has 1 saturated carbocycles. The fraction of sp³-hybridized carbons (Fsp3) is 0.286. The average molecular weight is 395 g/mol. The van der Waals surface area contributed by atoms with Gasteiger partial charge in [-0.25, -0.2) is 9.48 Å². The molecule has 0 radical (unpaired) electrons. The van der Waals surface area contributed by atoms with Crippen molar-refractivity contribution in [2.75, 3.05) is 11.9 Å². The number of esters is 1. The number of ether oxygens (including phenoxy) is 1. The summed E-state index contributed by atoms with van der Waals surface area (Å²) < 4.78 is 6.94. The summed E-state index contributed by atoms with van der Waals surface area (Å²) in [5, 5.41) is 9.74. The molecule has 0 aliphatic heterocycles. The molecule has 2 heterocycles. The van der Waals surface area contributed by atoms with Crippen LogP contribution in [0.3, 0.4) is 0 Å². The number of hydrogen-bond acceptors (Lipinski definition) is 5. The summed E-state index contributed by atoms with van der Waals surface area (Å²) in [5.41, 5.74) is 3.25. The summed E-state index contributed by atoms with van der Waals surface area (Å²) in [7, 11) is 0. The summed E-state index contributed by atoms with van der Waals surface area (Å²) >= 11 is 1.39. The molecule has 4 rings (SSSR count). The van der Waals surface area contributed by atoms with E-state index in [0.29, 0.717) is 23.1 Å². The summed E-state index contributed by atoms with van der Waals surface area (Å²) in [5.74, 6) is -0.134. The Morgan fingerprint density at radius 2 is 2.07 bits per heavy atom. The molecule has 0 atom stereocenters. The summed E-state index contributed by atoms with van der Waals surface area (Å²) in [6.07, 6.45) is 5.87.